The van der Waals surface area contributed by atoms with Crippen LogP contribution in [0.1, 0.15) is 148 Å². The highest BCUT2D eigenvalue weighted by molar-refractivity contribution is 5.99. The molecular weight excluding hydrogens is 1110 g/mol. The molecule has 0 aliphatic carbocycles. The van der Waals surface area contributed by atoms with Gasteiger partial charge in [-0.25, -0.2) is 0 Å². The summed E-state index contributed by atoms with van der Waals surface area (Å²) in [6.45, 7) is 22.6. The Kier molecular flexibility index (Phi) is 32.2. The monoisotopic (exact) mass is 1220 g/mol. The number of amides is 11. The van der Waals surface area contributed by atoms with Crippen LogP contribution < -0.4 is 27.0 Å². The van der Waals surface area contributed by atoms with Crippen LogP contribution in [0.4, 0.5) is 0 Å². The summed E-state index contributed by atoms with van der Waals surface area (Å²) in [5.74, 6) is -10.2. The molecule has 2 unspecified atom stereocenters. The Morgan fingerprint density at radius 1 is 0.570 bits per heavy atom. The molecule has 0 aromatic carbocycles. The zero-order valence-electron chi connectivity index (χ0n) is 55.7. The number of allylic oxidation sites excluding steroid dienone is 2. The Hall–Kier alpha value is -6.21. The van der Waals surface area contributed by atoms with Crippen LogP contribution in [0.15, 0.2) is 12.2 Å². The predicted molar refractivity (Wildman–Crippen MR) is 329 cm³/mol. The van der Waals surface area contributed by atoms with E-state index in [1.165, 1.54) is 84.8 Å². The average Bonchev–Trinajstić information content (AvgIpc) is 1.47. The van der Waals surface area contributed by atoms with Crippen LogP contribution in [0.25, 0.3) is 0 Å². The minimum Gasteiger partial charge on any atom is -0.390 e. The summed E-state index contributed by atoms with van der Waals surface area (Å²) in [6, 6.07) is -11.8. The highest BCUT2D eigenvalue weighted by atomic mass is 16.3. The Morgan fingerprint density at radius 3 is 1.49 bits per heavy atom. The molecule has 0 aromatic rings. The summed E-state index contributed by atoms with van der Waals surface area (Å²) in [5, 5.41) is 34.1. The normalized spacial score (nSPS) is 25.9. The fraction of sp³-hybridized carbons (Fsp3) is 0.787. The Labute approximate surface area is 512 Å². The lowest BCUT2D eigenvalue weighted by Gasteiger charge is -2.41. The number of aliphatic hydroxyl groups is 2. The third-order valence-corrected chi connectivity index (χ3v) is 15.8. The highest BCUT2D eigenvalue weighted by Crippen LogP contribution is 2.25. The maximum Gasteiger partial charge on any atom is 0.246 e. The highest BCUT2D eigenvalue weighted by Gasteiger charge is 2.45. The van der Waals surface area contributed by atoms with Crippen molar-refractivity contribution in [2.75, 3.05) is 69.0 Å². The van der Waals surface area contributed by atoms with Crippen LogP contribution in [0, 0.1) is 29.6 Å². The lowest BCUT2D eigenvalue weighted by atomic mass is 9.91. The number of nitrogens with zero attached hydrogens (tertiary/aromatic N) is 7. The first-order chi connectivity index (χ1) is 39.7. The molecule has 0 bridgehead atoms. The van der Waals surface area contributed by atoms with E-state index in [1.807, 2.05) is 27.7 Å². The SMILES string of the molecule is C/C=C/C[C@@H](C)[C@@H](O)C1C(=O)N[C@H](CCC)C(=O)N(C)CC(=O)N(C)[C@@H](CC(C)(C)O)C(=O)N[C@H](C(C)C)C(=O)N(C)[C@@H](CC(C)C)C(=O)N[C@H](C)C(=O)NC(CCCN)C(=O)N(C)CC(=O)N(C)[C@@H](CC(C)C)C(=O)N(C)[C@H](C(C)C)C(=O)N1C. The van der Waals surface area contributed by atoms with Crippen LogP contribution in [0.3, 0.4) is 0 Å². The number of hydrogen-bond acceptors (Lipinski definition) is 14. The Morgan fingerprint density at radius 2 is 1.03 bits per heavy atom. The van der Waals surface area contributed by atoms with Crippen LogP contribution in [-0.2, 0) is 52.7 Å². The van der Waals surface area contributed by atoms with E-state index in [-0.39, 0.29) is 56.9 Å². The number of nitrogens with one attached hydrogen (secondary N) is 4. The van der Waals surface area contributed by atoms with Crippen molar-refractivity contribution in [3.8, 4) is 0 Å². The van der Waals surface area contributed by atoms with Crippen molar-refractivity contribution in [3.63, 3.8) is 0 Å². The maximum atomic E-state index is 15.1. The second-order valence-electron chi connectivity index (χ2n) is 25.8. The number of carbonyl (C=O) groups excluding carboxylic acids is 11. The number of carbonyl (C=O) groups is 11. The number of likely N-dealkylation sites (N-methyl/N-ethyl adjacent to an activating group) is 7. The van der Waals surface area contributed by atoms with Gasteiger partial charge in [-0.2, -0.15) is 0 Å². The number of aliphatic hydroxyl groups excluding tert-OH is 1. The molecule has 11 atom stereocenters. The molecule has 1 aliphatic heterocycles. The second-order valence-corrected chi connectivity index (χ2v) is 25.8. The largest absolute Gasteiger partial charge is 0.390 e. The standard InChI is InChI=1S/C61H110N12O13/c1-22-24-27-39(11)51(76)50-55(80)65-41(26-23-2)56(81)67(15)34-47(75)70(18)45(32-61(13,14)86)54(79)66-48(37(7)8)59(84)71(19)43(30-35(3)4)53(78)63-40(12)52(77)64-42(28-25-29-62)57(82)68(16)33-46(74)69(17)44(31-36(5)6)58(83)72(20)49(38(9)10)60(85)73(50)21/h22,24,35-45,48-51,76,86H,23,25-34,62H2,1-21H3,(H,63,78)(H,64,77)(H,65,80)(H,66,79)/b24-22+/t39-,40-,41-,42?,43+,44+,45+,48-,49-,50?,51-/m1/s1. The number of rotatable bonds is 17. The van der Waals surface area contributed by atoms with Crippen molar-refractivity contribution in [3.05, 3.63) is 12.2 Å². The van der Waals surface area contributed by atoms with Crippen LogP contribution in [0.5, 0.6) is 0 Å². The molecule has 0 aromatic heterocycles. The fourth-order valence-corrected chi connectivity index (χ4v) is 10.5. The molecule has 86 heavy (non-hydrogen) atoms. The van der Waals surface area contributed by atoms with Crippen molar-refractivity contribution >= 4 is 65.0 Å². The quantitative estimate of drug-likeness (QED) is 0.100. The molecule has 1 saturated heterocycles. The van der Waals surface area contributed by atoms with E-state index in [9.17, 15) is 58.2 Å². The third-order valence-electron chi connectivity index (χ3n) is 15.8. The molecule has 0 saturated carbocycles. The first kappa shape index (κ1) is 77.8. The van der Waals surface area contributed by atoms with E-state index in [1.54, 1.807) is 60.6 Å². The first-order valence-electron chi connectivity index (χ1n) is 30.5. The van der Waals surface area contributed by atoms with Gasteiger partial charge in [-0.05, 0) is 102 Å². The van der Waals surface area contributed by atoms with Gasteiger partial charge in [0.1, 0.15) is 54.4 Å². The molecule has 8 N–H and O–H groups in total. The van der Waals surface area contributed by atoms with Gasteiger partial charge in [-0.3, -0.25) is 52.7 Å². The number of nitrogens with two attached hydrogens (primary N) is 1. The second kappa shape index (κ2) is 35.6. The third kappa shape index (κ3) is 22.8. The van der Waals surface area contributed by atoms with Gasteiger partial charge in [0.25, 0.3) is 0 Å². The lowest BCUT2D eigenvalue weighted by Crippen LogP contribution is -2.63. The zero-order chi connectivity index (χ0) is 66.6. The van der Waals surface area contributed by atoms with E-state index in [0.717, 1.165) is 19.6 Å². The molecule has 1 fully saturated rings. The molecule has 11 amide bonds. The van der Waals surface area contributed by atoms with Gasteiger partial charge in [0.15, 0.2) is 0 Å². The summed E-state index contributed by atoms with van der Waals surface area (Å²) >= 11 is 0. The van der Waals surface area contributed by atoms with Gasteiger partial charge in [-0.1, -0.05) is 87.8 Å². The van der Waals surface area contributed by atoms with E-state index in [4.69, 9.17) is 5.73 Å². The molecule has 1 aliphatic rings. The van der Waals surface area contributed by atoms with E-state index < -0.39 is 162 Å². The first-order valence-corrected chi connectivity index (χ1v) is 30.5. The van der Waals surface area contributed by atoms with Gasteiger partial charge in [-0.15, -0.1) is 0 Å². The molecule has 1 heterocycles. The molecule has 25 heteroatoms. The smallest absolute Gasteiger partial charge is 0.246 e. The molecule has 0 radical (unpaired) electrons. The van der Waals surface area contributed by atoms with Gasteiger partial charge in [0.05, 0.1) is 24.8 Å². The molecular formula is C61H110N12O13. The van der Waals surface area contributed by atoms with Crippen molar-refractivity contribution in [2.24, 2.45) is 35.3 Å². The Bertz CT molecular complexity index is 2340. The fourth-order valence-electron chi connectivity index (χ4n) is 10.5. The minimum atomic E-state index is -1.64. The van der Waals surface area contributed by atoms with E-state index in [2.05, 4.69) is 21.3 Å². The summed E-state index contributed by atoms with van der Waals surface area (Å²) in [6.07, 6.45) is 2.98. The van der Waals surface area contributed by atoms with Crippen molar-refractivity contribution in [2.45, 2.75) is 214 Å². The van der Waals surface area contributed by atoms with Gasteiger partial charge >= 0.3 is 0 Å². The molecule has 0 spiro atoms. The molecule has 492 valence electrons. The predicted octanol–water partition coefficient (Wildman–Crippen LogP) is 1.08. The van der Waals surface area contributed by atoms with Crippen LogP contribution in [-0.4, -0.2) is 245 Å². The van der Waals surface area contributed by atoms with Gasteiger partial charge in [0, 0.05) is 55.8 Å². The van der Waals surface area contributed by atoms with Gasteiger partial charge in [0.2, 0.25) is 65.0 Å². The van der Waals surface area contributed by atoms with E-state index in [0.29, 0.717) is 12.8 Å². The van der Waals surface area contributed by atoms with Crippen LogP contribution >= 0.6 is 0 Å². The summed E-state index contributed by atoms with van der Waals surface area (Å²) in [5.41, 5.74) is 4.31. The average molecular weight is 1220 g/mol. The zero-order valence-corrected chi connectivity index (χ0v) is 55.7. The summed E-state index contributed by atoms with van der Waals surface area (Å²) in [7, 11) is 9.55. The maximum absolute atomic E-state index is 15.1. The van der Waals surface area contributed by atoms with Crippen molar-refractivity contribution in [1.82, 2.24) is 55.6 Å². The molecule has 25 nitrogen and oxygen atoms in total. The van der Waals surface area contributed by atoms with Crippen molar-refractivity contribution < 1.29 is 63.0 Å². The lowest BCUT2D eigenvalue weighted by molar-refractivity contribution is -0.156. The van der Waals surface area contributed by atoms with Crippen molar-refractivity contribution in [1.29, 1.82) is 0 Å². The number of hydrogen-bond donors (Lipinski definition) is 7. The van der Waals surface area contributed by atoms with Crippen LogP contribution in [0.2, 0.25) is 0 Å². The Balaban J connectivity index is 4.32. The summed E-state index contributed by atoms with van der Waals surface area (Å²) < 4.78 is 0. The van der Waals surface area contributed by atoms with E-state index >= 15 is 4.79 Å². The van der Waals surface area contributed by atoms with Gasteiger partial charge < -0.3 is 71.5 Å². The minimum absolute atomic E-state index is 0.0489. The molecule has 1 rings (SSSR count). The topological polar surface area (TPSA) is 325 Å². The summed E-state index contributed by atoms with van der Waals surface area (Å²) in [4.78, 5) is 168.